The topological polar surface area (TPSA) is 46.2 Å². The van der Waals surface area contributed by atoms with Gasteiger partial charge in [-0.05, 0) is 31.0 Å². The van der Waals surface area contributed by atoms with Crippen molar-refractivity contribution in [3.8, 4) is 11.1 Å². The molecule has 0 aromatic heterocycles. The van der Waals surface area contributed by atoms with Crippen molar-refractivity contribution in [1.82, 2.24) is 0 Å². The van der Waals surface area contributed by atoms with Crippen molar-refractivity contribution >= 4 is 17.3 Å². The fraction of sp³-hybridized carbons (Fsp3) is 0.286. The summed E-state index contributed by atoms with van der Waals surface area (Å²) in [6, 6.07) is 7.08. The quantitative estimate of drug-likeness (QED) is 0.863. The Balaban J connectivity index is 2.40. The van der Waals surface area contributed by atoms with Gasteiger partial charge in [0.25, 0.3) is 0 Å². The van der Waals surface area contributed by atoms with Gasteiger partial charge in [-0.3, -0.25) is 9.59 Å². The van der Waals surface area contributed by atoms with Gasteiger partial charge < -0.3 is 5.32 Å². The van der Waals surface area contributed by atoms with Gasteiger partial charge in [0, 0.05) is 11.1 Å². The molecule has 0 unspecified atom stereocenters. The maximum Gasteiger partial charge on any atom is 0.250 e. The highest BCUT2D eigenvalue weighted by molar-refractivity contribution is 6.30. The summed E-state index contributed by atoms with van der Waals surface area (Å²) in [5, 5.41) is 3.69. The van der Waals surface area contributed by atoms with Crippen molar-refractivity contribution in [1.29, 1.82) is 0 Å². The Kier molecular flexibility index (Phi) is 3.53. The SMILES string of the molecule is CC[C@H](C)Nc1c(-c2ccc(Cl)cc2)c(=O)c1=O. The summed E-state index contributed by atoms with van der Waals surface area (Å²) in [6.07, 6.45) is 0.888. The third-order valence-corrected chi connectivity index (χ3v) is 3.30. The van der Waals surface area contributed by atoms with E-state index in [1.165, 1.54) is 0 Å². The number of hydrogen-bond donors (Lipinski definition) is 1. The van der Waals surface area contributed by atoms with Crippen molar-refractivity contribution in [2.45, 2.75) is 26.3 Å². The average Bonchev–Trinajstić information content (AvgIpc) is 2.39. The fourth-order valence-corrected chi connectivity index (χ4v) is 1.90. The molecular weight excluding hydrogens is 250 g/mol. The molecule has 0 amide bonds. The summed E-state index contributed by atoms with van der Waals surface area (Å²) in [7, 11) is 0. The molecule has 18 heavy (non-hydrogen) atoms. The normalized spacial score (nSPS) is 12.6. The van der Waals surface area contributed by atoms with Crippen LogP contribution in [0.5, 0.6) is 0 Å². The van der Waals surface area contributed by atoms with Crippen LogP contribution in [0.1, 0.15) is 20.3 Å². The second-order valence-electron chi connectivity index (χ2n) is 4.37. The minimum Gasteiger partial charge on any atom is -0.379 e. The number of anilines is 1. The van der Waals surface area contributed by atoms with E-state index < -0.39 is 10.9 Å². The lowest BCUT2D eigenvalue weighted by atomic mass is 9.98. The molecule has 0 aliphatic heterocycles. The van der Waals surface area contributed by atoms with E-state index in [1.54, 1.807) is 24.3 Å². The van der Waals surface area contributed by atoms with E-state index in [0.717, 1.165) is 12.0 Å². The van der Waals surface area contributed by atoms with Crippen molar-refractivity contribution in [2.24, 2.45) is 0 Å². The van der Waals surface area contributed by atoms with Gasteiger partial charge >= 0.3 is 0 Å². The van der Waals surface area contributed by atoms with Gasteiger partial charge in [-0.2, -0.15) is 0 Å². The van der Waals surface area contributed by atoms with Crippen LogP contribution in [0.2, 0.25) is 5.02 Å². The second kappa shape index (κ2) is 4.94. The Hall–Kier alpha value is -1.61. The van der Waals surface area contributed by atoms with E-state index in [-0.39, 0.29) is 6.04 Å². The minimum absolute atomic E-state index is 0.166. The summed E-state index contributed by atoms with van der Waals surface area (Å²) < 4.78 is 0. The first-order chi connectivity index (χ1) is 8.54. The average molecular weight is 264 g/mol. The van der Waals surface area contributed by atoms with Crippen LogP contribution in [0.3, 0.4) is 0 Å². The summed E-state index contributed by atoms with van der Waals surface area (Å²) in [6.45, 7) is 3.99. The van der Waals surface area contributed by atoms with Crippen LogP contribution < -0.4 is 16.2 Å². The Morgan fingerprint density at radius 2 is 1.78 bits per heavy atom. The molecule has 1 N–H and O–H groups in total. The van der Waals surface area contributed by atoms with Gasteiger partial charge in [0.1, 0.15) is 0 Å². The Morgan fingerprint density at radius 1 is 1.17 bits per heavy atom. The molecule has 0 heterocycles. The molecule has 0 radical (unpaired) electrons. The maximum atomic E-state index is 11.6. The molecule has 2 aromatic carbocycles. The number of halogens is 1. The molecule has 3 nitrogen and oxygen atoms in total. The van der Waals surface area contributed by atoms with Crippen LogP contribution in [0, 0.1) is 0 Å². The van der Waals surface area contributed by atoms with Crippen LogP contribution in [-0.2, 0) is 0 Å². The highest BCUT2D eigenvalue weighted by Crippen LogP contribution is 2.25. The minimum atomic E-state index is -0.430. The predicted octanol–water partition coefficient (Wildman–Crippen LogP) is 2.81. The van der Waals surface area contributed by atoms with Crippen molar-refractivity contribution < 1.29 is 0 Å². The summed E-state index contributed by atoms with van der Waals surface area (Å²) in [5.41, 5.74) is 0.770. The highest BCUT2D eigenvalue weighted by atomic mass is 35.5. The number of hydrogen-bond acceptors (Lipinski definition) is 3. The van der Waals surface area contributed by atoms with Crippen LogP contribution >= 0.6 is 11.6 Å². The second-order valence-corrected chi connectivity index (χ2v) is 4.81. The van der Waals surface area contributed by atoms with Crippen molar-refractivity contribution in [2.75, 3.05) is 5.32 Å². The van der Waals surface area contributed by atoms with Gasteiger partial charge in [-0.25, -0.2) is 0 Å². The Morgan fingerprint density at radius 3 is 2.33 bits per heavy atom. The van der Waals surface area contributed by atoms with Crippen molar-refractivity contribution in [3.63, 3.8) is 0 Å². The molecule has 2 rings (SSSR count). The lowest BCUT2D eigenvalue weighted by Gasteiger charge is -2.17. The van der Waals surface area contributed by atoms with Gasteiger partial charge in [0.2, 0.25) is 10.9 Å². The first-order valence-corrected chi connectivity index (χ1v) is 6.28. The van der Waals surface area contributed by atoms with E-state index in [9.17, 15) is 9.59 Å². The van der Waals surface area contributed by atoms with Crippen LogP contribution in [0.4, 0.5) is 5.69 Å². The van der Waals surface area contributed by atoms with Gasteiger partial charge in [0.15, 0.2) is 0 Å². The first kappa shape index (κ1) is 12.8. The van der Waals surface area contributed by atoms with Gasteiger partial charge in [0.05, 0.1) is 11.3 Å². The molecule has 0 saturated heterocycles. The lowest BCUT2D eigenvalue weighted by molar-refractivity contribution is 0.762. The highest BCUT2D eigenvalue weighted by Gasteiger charge is 2.22. The zero-order valence-electron chi connectivity index (χ0n) is 10.3. The number of benzene rings is 1. The Labute approximate surface area is 110 Å². The largest absolute Gasteiger partial charge is 0.379 e. The van der Waals surface area contributed by atoms with Gasteiger partial charge in [-0.1, -0.05) is 30.7 Å². The number of rotatable bonds is 4. The van der Waals surface area contributed by atoms with Crippen LogP contribution in [0.25, 0.3) is 11.1 Å². The van der Waals surface area contributed by atoms with Crippen molar-refractivity contribution in [3.05, 3.63) is 49.7 Å². The molecule has 1 atom stereocenters. The summed E-state index contributed by atoms with van der Waals surface area (Å²) in [4.78, 5) is 23.2. The molecule has 94 valence electrons. The van der Waals surface area contributed by atoms with E-state index in [4.69, 9.17) is 11.6 Å². The van der Waals surface area contributed by atoms with E-state index in [0.29, 0.717) is 16.3 Å². The molecule has 4 heteroatoms. The monoisotopic (exact) mass is 263 g/mol. The van der Waals surface area contributed by atoms with E-state index >= 15 is 0 Å². The molecule has 0 spiro atoms. The smallest absolute Gasteiger partial charge is 0.250 e. The maximum absolute atomic E-state index is 11.6. The third-order valence-electron chi connectivity index (χ3n) is 3.05. The zero-order valence-corrected chi connectivity index (χ0v) is 11.0. The lowest BCUT2D eigenvalue weighted by Crippen LogP contribution is -2.38. The molecule has 0 aliphatic rings. The van der Waals surface area contributed by atoms with Crippen LogP contribution in [0.15, 0.2) is 33.9 Å². The van der Waals surface area contributed by atoms with E-state index in [1.807, 2.05) is 13.8 Å². The van der Waals surface area contributed by atoms with Gasteiger partial charge in [-0.15, -0.1) is 0 Å². The van der Waals surface area contributed by atoms with E-state index in [2.05, 4.69) is 5.32 Å². The van der Waals surface area contributed by atoms with Crippen LogP contribution in [-0.4, -0.2) is 6.04 Å². The standard InChI is InChI=1S/C14H14ClNO2/c1-3-8(2)16-12-11(13(17)14(12)18)9-4-6-10(15)7-5-9/h4-8,16H,3H2,1-2H3/t8-/m0/s1. The zero-order chi connectivity index (χ0) is 13.3. The number of nitrogens with one attached hydrogen (secondary N) is 1. The summed E-state index contributed by atoms with van der Waals surface area (Å²) >= 11 is 5.80. The predicted molar refractivity (Wildman–Crippen MR) is 75.2 cm³/mol. The third kappa shape index (κ3) is 2.18. The molecule has 0 saturated carbocycles. The fourth-order valence-electron chi connectivity index (χ4n) is 1.77. The summed E-state index contributed by atoms with van der Waals surface area (Å²) in [5.74, 6) is 0. The molecule has 0 fully saturated rings. The first-order valence-electron chi connectivity index (χ1n) is 5.90. The Bertz CT molecular complexity index is 624. The molecule has 0 aliphatic carbocycles. The molecule has 2 aromatic rings. The molecular formula is C14H14ClNO2. The molecule has 0 bridgehead atoms.